The first-order valence-electron chi connectivity index (χ1n) is 16.5. The van der Waals surface area contributed by atoms with Crippen molar-refractivity contribution in [3.8, 4) is 22.9 Å². The normalized spacial score (nSPS) is 12.1. The highest BCUT2D eigenvalue weighted by Crippen LogP contribution is 2.46. The van der Waals surface area contributed by atoms with Gasteiger partial charge in [0.25, 0.3) is 0 Å². The summed E-state index contributed by atoms with van der Waals surface area (Å²) in [5.41, 5.74) is 7.84. The molecule has 0 aliphatic carbocycles. The van der Waals surface area contributed by atoms with Crippen molar-refractivity contribution in [3.63, 3.8) is 0 Å². The van der Waals surface area contributed by atoms with Gasteiger partial charge in [0.2, 0.25) is 0 Å². The lowest BCUT2D eigenvalue weighted by atomic mass is 10.1. The molecule has 0 aliphatic rings. The van der Waals surface area contributed by atoms with E-state index in [1.54, 1.807) is 0 Å². The minimum absolute atomic E-state index is 0.723. The predicted octanol–water partition coefficient (Wildman–Crippen LogP) is 11.9. The van der Waals surface area contributed by atoms with Gasteiger partial charge in [-0.3, -0.25) is 4.57 Å². The lowest BCUT2D eigenvalue weighted by molar-refractivity contribution is 1.08. The van der Waals surface area contributed by atoms with Crippen molar-refractivity contribution in [2.24, 2.45) is 0 Å². The minimum Gasteiger partial charge on any atom is -0.309 e. The van der Waals surface area contributed by atoms with Gasteiger partial charge in [0.05, 0.1) is 27.6 Å². The van der Waals surface area contributed by atoms with Crippen LogP contribution in [0.25, 0.3) is 97.6 Å². The van der Waals surface area contributed by atoms with Crippen LogP contribution >= 0.6 is 11.3 Å². The SMILES string of the molecule is c1ccc(-c2nc(-n3c4ccccc4c4c5sc6cc7c(cc6c5ccc43)c3ccccc3n7-c3ccccc3)c3ccccc3n2)cc1. The molecule has 228 valence electrons. The van der Waals surface area contributed by atoms with Gasteiger partial charge in [0.15, 0.2) is 5.82 Å². The third kappa shape index (κ3) is 3.79. The van der Waals surface area contributed by atoms with E-state index in [0.29, 0.717) is 0 Å². The highest BCUT2D eigenvalue weighted by molar-refractivity contribution is 7.26. The molecule has 0 aliphatic heterocycles. The topological polar surface area (TPSA) is 35.6 Å². The van der Waals surface area contributed by atoms with Gasteiger partial charge < -0.3 is 4.57 Å². The molecule has 0 spiro atoms. The summed E-state index contributed by atoms with van der Waals surface area (Å²) in [7, 11) is 0. The second-order valence-electron chi connectivity index (χ2n) is 12.6. The van der Waals surface area contributed by atoms with E-state index in [1.807, 2.05) is 29.5 Å². The predicted molar refractivity (Wildman–Crippen MR) is 207 cm³/mol. The molecule has 0 N–H and O–H groups in total. The molecule has 0 unspecified atom stereocenters. The Morgan fingerprint density at radius 1 is 0.429 bits per heavy atom. The lowest BCUT2D eigenvalue weighted by Crippen LogP contribution is -2.02. The monoisotopic (exact) mass is 642 g/mol. The maximum Gasteiger partial charge on any atom is 0.162 e. The summed E-state index contributed by atoms with van der Waals surface area (Å²) in [5.74, 6) is 1.62. The van der Waals surface area contributed by atoms with E-state index < -0.39 is 0 Å². The Bertz CT molecular complexity index is 3100. The smallest absolute Gasteiger partial charge is 0.162 e. The van der Waals surface area contributed by atoms with Crippen LogP contribution in [0, 0.1) is 0 Å². The van der Waals surface area contributed by atoms with Gasteiger partial charge in [-0.05, 0) is 54.6 Å². The molecule has 11 aromatic rings. The molecule has 4 nitrogen and oxygen atoms in total. The number of aromatic nitrogens is 4. The lowest BCUT2D eigenvalue weighted by Gasteiger charge is -2.12. The summed E-state index contributed by atoms with van der Waals surface area (Å²) in [5, 5.41) is 8.63. The van der Waals surface area contributed by atoms with Gasteiger partial charge in [-0.2, -0.15) is 0 Å². The quantitative estimate of drug-likeness (QED) is 0.192. The van der Waals surface area contributed by atoms with Crippen LogP contribution < -0.4 is 0 Å². The molecule has 0 fully saturated rings. The van der Waals surface area contributed by atoms with E-state index in [9.17, 15) is 0 Å². The molecule has 4 aromatic heterocycles. The van der Waals surface area contributed by atoms with Crippen LogP contribution in [0.5, 0.6) is 0 Å². The van der Waals surface area contributed by atoms with Crippen LogP contribution in [0.15, 0.2) is 158 Å². The molecular formula is C44H26N4S. The Balaban J connectivity index is 1.24. The van der Waals surface area contributed by atoms with Gasteiger partial charge in [-0.25, -0.2) is 9.97 Å². The molecule has 0 amide bonds. The van der Waals surface area contributed by atoms with Crippen molar-refractivity contribution in [3.05, 3.63) is 158 Å². The number of hydrogen-bond acceptors (Lipinski definition) is 3. The zero-order chi connectivity index (χ0) is 32.1. The summed E-state index contributed by atoms with van der Waals surface area (Å²) in [6, 6.07) is 56.2. The Kier molecular flexibility index (Phi) is 5.51. The van der Waals surface area contributed by atoms with Crippen LogP contribution in [0.2, 0.25) is 0 Å². The number of para-hydroxylation sites is 4. The molecule has 0 bridgehead atoms. The van der Waals surface area contributed by atoms with E-state index in [4.69, 9.17) is 9.97 Å². The molecule has 5 heteroatoms. The standard InChI is InChI=1S/C44H26N4S/c1-3-13-27(14-4-1)43-45-35-20-10-7-18-31(35)44(46-43)48-37-22-12-9-19-32(37)41-38(48)24-23-30-34-25-33-29-17-8-11-21-36(29)47(28-15-5-2-6-16-28)39(33)26-40(34)49-42(30)41/h1-26H. The van der Waals surface area contributed by atoms with Crippen LogP contribution in [0.4, 0.5) is 0 Å². The van der Waals surface area contributed by atoms with Crippen LogP contribution in [0.3, 0.4) is 0 Å². The molecule has 49 heavy (non-hydrogen) atoms. The number of thiophene rings is 1. The summed E-state index contributed by atoms with van der Waals surface area (Å²) in [4.78, 5) is 10.3. The first kappa shape index (κ1) is 26.7. The Hall–Kier alpha value is -6.30. The number of benzene rings is 7. The summed E-state index contributed by atoms with van der Waals surface area (Å²) < 4.78 is 7.33. The van der Waals surface area contributed by atoms with Gasteiger partial charge in [0.1, 0.15) is 5.82 Å². The van der Waals surface area contributed by atoms with Gasteiger partial charge in [-0.15, -0.1) is 11.3 Å². The van der Waals surface area contributed by atoms with Crippen molar-refractivity contribution in [2.45, 2.75) is 0 Å². The molecule has 0 atom stereocenters. The minimum atomic E-state index is 0.723. The van der Waals surface area contributed by atoms with Crippen molar-refractivity contribution >= 4 is 86.0 Å². The Morgan fingerprint density at radius 3 is 1.92 bits per heavy atom. The average molecular weight is 643 g/mol. The van der Waals surface area contributed by atoms with Crippen LogP contribution in [-0.2, 0) is 0 Å². The van der Waals surface area contributed by atoms with Crippen molar-refractivity contribution in [2.75, 3.05) is 0 Å². The number of rotatable bonds is 3. The largest absolute Gasteiger partial charge is 0.309 e. The fourth-order valence-corrected chi connectivity index (χ4v) is 9.05. The van der Waals surface area contributed by atoms with Gasteiger partial charge in [-0.1, -0.05) is 103 Å². The summed E-state index contributed by atoms with van der Waals surface area (Å²) >= 11 is 1.89. The Labute approximate surface area is 284 Å². The first-order valence-corrected chi connectivity index (χ1v) is 17.3. The van der Waals surface area contributed by atoms with Gasteiger partial charge in [0, 0.05) is 58.4 Å². The van der Waals surface area contributed by atoms with Crippen LogP contribution in [-0.4, -0.2) is 19.1 Å². The number of fused-ring (bicyclic) bond motifs is 11. The molecule has 7 aromatic carbocycles. The highest BCUT2D eigenvalue weighted by Gasteiger charge is 2.22. The molecular weight excluding hydrogens is 617 g/mol. The molecule has 0 radical (unpaired) electrons. The third-order valence-corrected chi connectivity index (χ3v) is 11.1. The highest BCUT2D eigenvalue weighted by atomic mass is 32.1. The maximum absolute atomic E-state index is 5.29. The molecule has 0 saturated carbocycles. The fourth-order valence-electron chi connectivity index (χ4n) is 7.78. The Morgan fingerprint density at radius 2 is 1.10 bits per heavy atom. The van der Waals surface area contributed by atoms with Crippen molar-refractivity contribution in [1.82, 2.24) is 19.1 Å². The van der Waals surface area contributed by atoms with Gasteiger partial charge >= 0.3 is 0 Å². The zero-order valence-corrected chi connectivity index (χ0v) is 27.0. The molecule has 0 saturated heterocycles. The van der Waals surface area contributed by atoms with E-state index in [2.05, 4.69) is 149 Å². The van der Waals surface area contributed by atoms with E-state index >= 15 is 0 Å². The second-order valence-corrected chi connectivity index (χ2v) is 13.7. The van der Waals surface area contributed by atoms with E-state index in [0.717, 1.165) is 39.1 Å². The molecule has 4 heterocycles. The van der Waals surface area contributed by atoms with Crippen molar-refractivity contribution < 1.29 is 0 Å². The fraction of sp³-hybridized carbons (Fsp3) is 0. The maximum atomic E-state index is 5.29. The van der Waals surface area contributed by atoms with E-state index in [-0.39, 0.29) is 0 Å². The zero-order valence-electron chi connectivity index (χ0n) is 26.2. The van der Waals surface area contributed by atoms with E-state index in [1.165, 1.54) is 58.4 Å². The second kappa shape index (κ2) is 10.1. The van der Waals surface area contributed by atoms with Crippen LogP contribution in [0.1, 0.15) is 0 Å². The summed E-state index contributed by atoms with van der Waals surface area (Å²) in [6.07, 6.45) is 0. The third-order valence-electron chi connectivity index (χ3n) is 9.91. The summed E-state index contributed by atoms with van der Waals surface area (Å²) in [6.45, 7) is 0. The number of hydrogen-bond donors (Lipinski definition) is 0. The van der Waals surface area contributed by atoms with Crippen molar-refractivity contribution in [1.29, 1.82) is 0 Å². The molecule has 11 rings (SSSR count). The number of nitrogens with zero attached hydrogens (tertiary/aromatic N) is 4. The first-order chi connectivity index (χ1) is 24.3. The average Bonchev–Trinajstić information content (AvgIpc) is 3.81.